The van der Waals surface area contributed by atoms with Crippen LogP contribution in [0.4, 0.5) is 16.5 Å². The molecule has 1 amide bonds. The van der Waals surface area contributed by atoms with Crippen molar-refractivity contribution in [2.24, 2.45) is 0 Å². The first-order valence-electron chi connectivity index (χ1n) is 11.7. The van der Waals surface area contributed by atoms with Crippen LogP contribution in [0.3, 0.4) is 0 Å². The fourth-order valence-electron chi connectivity index (χ4n) is 5.23. The predicted molar refractivity (Wildman–Crippen MR) is 129 cm³/mol. The standard InChI is InChI=1S/C24H29N5O3S/c1-24(2,3)32-23(30)29-15-12-16(29)14-28(13-15)22-26-19-18(27-9-4-5-10-27)7-6-17(20(19)31-22)21-25-8-11-33-21/h6-8,11,15-16H,4-5,9-10,12-14H2,1-3H3. The first-order chi connectivity index (χ1) is 15.9. The molecule has 2 bridgehead atoms. The molecule has 4 aliphatic rings. The van der Waals surface area contributed by atoms with Crippen LogP contribution in [-0.4, -0.2) is 64.8 Å². The lowest BCUT2D eigenvalue weighted by atomic mass is 9.88. The molecule has 4 saturated heterocycles. The molecule has 0 saturated carbocycles. The highest BCUT2D eigenvalue weighted by atomic mass is 32.1. The summed E-state index contributed by atoms with van der Waals surface area (Å²) in [5, 5.41) is 2.92. The Bertz CT molecular complexity index is 1170. The van der Waals surface area contributed by atoms with E-state index in [1.165, 1.54) is 12.8 Å². The van der Waals surface area contributed by atoms with Crippen LogP contribution in [0.2, 0.25) is 0 Å². The van der Waals surface area contributed by atoms with Gasteiger partial charge in [0.15, 0.2) is 5.58 Å². The van der Waals surface area contributed by atoms with Gasteiger partial charge in [-0.2, -0.15) is 4.98 Å². The smallest absolute Gasteiger partial charge is 0.410 e. The number of carbonyl (C=O) groups is 1. The third-order valence-corrected chi connectivity index (χ3v) is 7.49. The maximum absolute atomic E-state index is 12.6. The van der Waals surface area contributed by atoms with Crippen LogP contribution in [0.1, 0.15) is 40.0 Å². The second-order valence-corrected chi connectivity index (χ2v) is 11.1. The van der Waals surface area contributed by atoms with Crippen LogP contribution < -0.4 is 9.80 Å². The van der Waals surface area contributed by atoms with Crippen LogP contribution in [0.5, 0.6) is 0 Å². The van der Waals surface area contributed by atoms with E-state index in [4.69, 9.17) is 14.1 Å². The topological polar surface area (TPSA) is 74.9 Å². The van der Waals surface area contributed by atoms with Crippen molar-refractivity contribution in [2.75, 3.05) is 36.0 Å². The third-order valence-electron chi connectivity index (χ3n) is 6.69. The number of oxazole rings is 1. The summed E-state index contributed by atoms with van der Waals surface area (Å²) in [6.07, 6.45) is 5.01. The average molecular weight is 468 g/mol. The lowest BCUT2D eigenvalue weighted by Gasteiger charge is -2.55. The summed E-state index contributed by atoms with van der Waals surface area (Å²) in [6, 6.07) is 5.17. The van der Waals surface area contributed by atoms with E-state index in [0.29, 0.717) is 19.1 Å². The number of hydrogen-bond acceptors (Lipinski definition) is 8. The van der Waals surface area contributed by atoms with Crippen LogP contribution in [-0.2, 0) is 4.74 Å². The van der Waals surface area contributed by atoms with E-state index >= 15 is 0 Å². The minimum atomic E-state index is -0.487. The van der Waals surface area contributed by atoms with Gasteiger partial charge in [-0.3, -0.25) is 4.90 Å². The van der Waals surface area contributed by atoms with Crippen LogP contribution in [0.15, 0.2) is 28.1 Å². The Morgan fingerprint density at radius 3 is 2.58 bits per heavy atom. The quantitative estimate of drug-likeness (QED) is 0.550. The Balaban J connectivity index is 1.31. The maximum atomic E-state index is 12.6. The summed E-state index contributed by atoms with van der Waals surface area (Å²) in [5.41, 5.74) is 3.34. The summed E-state index contributed by atoms with van der Waals surface area (Å²) < 4.78 is 12.0. The molecule has 0 N–H and O–H groups in total. The van der Waals surface area contributed by atoms with Crippen molar-refractivity contribution in [3.63, 3.8) is 0 Å². The predicted octanol–water partition coefficient (Wildman–Crippen LogP) is 4.75. The second-order valence-electron chi connectivity index (χ2n) is 10.2. The minimum Gasteiger partial charge on any atom is -0.444 e. The first-order valence-corrected chi connectivity index (χ1v) is 12.6. The molecule has 4 fully saturated rings. The number of nitrogens with zero attached hydrogens (tertiary/aromatic N) is 5. The zero-order valence-corrected chi connectivity index (χ0v) is 20.1. The molecule has 1 aromatic carbocycles. The van der Waals surface area contributed by atoms with Crippen LogP contribution in [0, 0.1) is 0 Å². The zero-order valence-electron chi connectivity index (χ0n) is 19.3. The fourth-order valence-corrected chi connectivity index (χ4v) is 5.89. The van der Waals surface area contributed by atoms with E-state index in [0.717, 1.165) is 46.9 Å². The van der Waals surface area contributed by atoms with E-state index in [1.807, 2.05) is 37.2 Å². The molecule has 9 heteroatoms. The summed E-state index contributed by atoms with van der Waals surface area (Å²) in [4.78, 5) is 28.6. The van der Waals surface area contributed by atoms with Crippen LogP contribution >= 0.6 is 11.3 Å². The first kappa shape index (κ1) is 20.8. The number of amides is 1. The molecule has 0 radical (unpaired) electrons. The van der Waals surface area contributed by atoms with Gasteiger partial charge in [-0.1, -0.05) is 0 Å². The highest BCUT2D eigenvalue weighted by Gasteiger charge is 2.49. The number of hydrogen-bond donors (Lipinski definition) is 0. The number of piperazine rings is 1. The van der Waals surface area contributed by atoms with Gasteiger partial charge >= 0.3 is 6.09 Å². The molecule has 0 aliphatic carbocycles. The molecule has 0 spiro atoms. The van der Waals surface area contributed by atoms with Gasteiger partial charge in [0, 0.05) is 37.8 Å². The van der Waals surface area contributed by atoms with Crippen molar-refractivity contribution in [1.82, 2.24) is 14.9 Å². The Labute approximate surface area is 197 Å². The van der Waals surface area contributed by atoms with Crippen molar-refractivity contribution in [3.05, 3.63) is 23.7 Å². The Kier molecular flexibility index (Phi) is 4.79. The van der Waals surface area contributed by atoms with Crippen molar-refractivity contribution in [2.45, 2.75) is 57.7 Å². The van der Waals surface area contributed by atoms with Gasteiger partial charge in [-0.05, 0) is 52.2 Å². The lowest BCUT2D eigenvalue weighted by Crippen LogP contribution is -2.70. The SMILES string of the molecule is CC(C)(C)OC(=O)N1C2CC1CN(c1nc3c(N4CCCC4)ccc(-c4nccs4)c3o1)C2. The van der Waals surface area contributed by atoms with E-state index in [1.54, 1.807) is 11.3 Å². The van der Waals surface area contributed by atoms with E-state index in [-0.39, 0.29) is 18.2 Å². The summed E-state index contributed by atoms with van der Waals surface area (Å²) in [7, 11) is 0. The molecule has 6 heterocycles. The molecule has 2 aromatic heterocycles. The van der Waals surface area contributed by atoms with Gasteiger partial charge in [0.25, 0.3) is 6.01 Å². The number of rotatable bonds is 3. The molecule has 7 rings (SSSR count). The Hall–Kier alpha value is -2.81. The van der Waals surface area contributed by atoms with E-state index < -0.39 is 5.60 Å². The molecular weight excluding hydrogens is 438 g/mol. The molecule has 33 heavy (non-hydrogen) atoms. The molecule has 8 nitrogen and oxygen atoms in total. The monoisotopic (exact) mass is 467 g/mol. The number of piperidine rings is 1. The Morgan fingerprint density at radius 2 is 1.91 bits per heavy atom. The highest BCUT2D eigenvalue weighted by Crippen LogP contribution is 2.41. The number of thiazole rings is 1. The third kappa shape index (κ3) is 3.62. The second kappa shape index (κ2) is 7.62. The highest BCUT2D eigenvalue weighted by molar-refractivity contribution is 7.13. The molecule has 3 aromatic rings. The number of fused-ring (bicyclic) bond motifs is 3. The summed E-state index contributed by atoms with van der Waals surface area (Å²) in [6.45, 7) is 9.22. The fraction of sp³-hybridized carbons (Fsp3) is 0.542. The van der Waals surface area contributed by atoms with Gasteiger partial charge < -0.3 is 19.0 Å². The van der Waals surface area contributed by atoms with Crippen molar-refractivity contribution in [3.8, 4) is 10.6 Å². The largest absolute Gasteiger partial charge is 0.444 e. The van der Waals surface area contributed by atoms with Gasteiger partial charge in [-0.15, -0.1) is 11.3 Å². The summed E-state index contributed by atoms with van der Waals surface area (Å²) in [5.74, 6) is 0. The van der Waals surface area contributed by atoms with Crippen molar-refractivity contribution in [1.29, 1.82) is 0 Å². The van der Waals surface area contributed by atoms with Gasteiger partial charge in [0.2, 0.25) is 0 Å². The molecule has 2 unspecified atom stereocenters. The van der Waals surface area contributed by atoms with Gasteiger partial charge in [0.05, 0.1) is 23.3 Å². The van der Waals surface area contributed by atoms with Gasteiger partial charge in [0.1, 0.15) is 16.1 Å². The molecule has 2 atom stereocenters. The van der Waals surface area contributed by atoms with Crippen molar-refractivity contribution < 1.29 is 13.9 Å². The van der Waals surface area contributed by atoms with Gasteiger partial charge in [-0.25, -0.2) is 9.78 Å². The van der Waals surface area contributed by atoms with Crippen molar-refractivity contribution >= 4 is 40.2 Å². The van der Waals surface area contributed by atoms with E-state index in [9.17, 15) is 4.79 Å². The van der Waals surface area contributed by atoms with Crippen LogP contribution in [0.25, 0.3) is 21.7 Å². The number of ether oxygens (including phenoxy) is 1. The molecular formula is C24H29N5O3S. The minimum absolute atomic E-state index is 0.130. The number of anilines is 2. The van der Waals surface area contributed by atoms with E-state index in [2.05, 4.69) is 26.9 Å². The Morgan fingerprint density at radius 1 is 1.15 bits per heavy atom. The number of carbonyl (C=O) groups excluding carboxylic acids is 1. The average Bonchev–Trinajstić information content (AvgIpc) is 3.53. The zero-order chi connectivity index (χ0) is 22.7. The number of aromatic nitrogens is 2. The summed E-state index contributed by atoms with van der Waals surface area (Å²) >= 11 is 1.60. The lowest BCUT2D eigenvalue weighted by molar-refractivity contribution is -0.0386. The molecule has 174 valence electrons. The molecule has 4 aliphatic heterocycles. The normalized spacial score (nSPS) is 22.7. The number of benzene rings is 1. The maximum Gasteiger partial charge on any atom is 0.410 e.